The molecule has 0 aliphatic carbocycles. The Hall–Kier alpha value is -2.56. The van der Waals surface area contributed by atoms with E-state index in [9.17, 15) is 14.7 Å². The van der Waals surface area contributed by atoms with Gasteiger partial charge in [-0.3, -0.25) is 9.59 Å². The zero-order valence-electron chi connectivity index (χ0n) is 13.7. The molecular weight excluding hydrogens is 292 g/mol. The number of phenols is 1. The molecule has 2 heterocycles. The van der Waals surface area contributed by atoms with E-state index in [0.29, 0.717) is 17.6 Å². The molecule has 1 aromatic carbocycles. The van der Waals surface area contributed by atoms with E-state index in [0.717, 1.165) is 21.9 Å². The second-order valence-corrected chi connectivity index (χ2v) is 6.53. The van der Waals surface area contributed by atoms with E-state index in [1.54, 1.807) is 10.6 Å². The highest BCUT2D eigenvalue weighted by Crippen LogP contribution is 2.34. The first-order chi connectivity index (χ1) is 10.8. The third kappa shape index (κ3) is 2.42. The van der Waals surface area contributed by atoms with E-state index in [4.69, 9.17) is 0 Å². The van der Waals surface area contributed by atoms with E-state index in [1.165, 1.54) is 6.07 Å². The predicted molar refractivity (Wildman–Crippen MR) is 92.3 cm³/mol. The molecule has 0 bridgehead atoms. The fourth-order valence-electron chi connectivity index (χ4n) is 3.10. The van der Waals surface area contributed by atoms with Crippen LogP contribution >= 0.6 is 0 Å². The summed E-state index contributed by atoms with van der Waals surface area (Å²) in [5.41, 5.74) is 2.06. The number of aromatic amines is 1. The average molecular weight is 312 g/mol. The van der Waals surface area contributed by atoms with Crippen LogP contribution in [0.3, 0.4) is 0 Å². The number of H-pyrrole nitrogens is 1. The van der Waals surface area contributed by atoms with Crippen molar-refractivity contribution in [3.8, 4) is 5.75 Å². The number of benzene rings is 1. The summed E-state index contributed by atoms with van der Waals surface area (Å²) in [5.74, 6) is 0.213. The molecule has 0 aliphatic heterocycles. The molecule has 0 atom stereocenters. The van der Waals surface area contributed by atoms with E-state index < -0.39 is 0 Å². The smallest absolute Gasteiger partial charge is 0.251 e. The summed E-state index contributed by atoms with van der Waals surface area (Å²) in [6.07, 6.45) is 0. The minimum absolute atomic E-state index is 0.0419. The maximum absolute atomic E-state index is 12.4. The first kappa shape index (κ1) is 15.3. The Kier molecular flexibility index (Phi) is 3.51. The lowest BCUT2D eigenvalue weighted by molar-refractivity contribution is 0.473. The molecule has 0 saturated carbocycles. The van der Waals surface area contributed by atoms with Gasteiger partial charge in [0.2, 0.25) is 5.56 Å². The molecule has 2 aromatic heterocycles. The molecule has 0 unspecified atom stereocenters. The number of fused-ring (bicyclic) bond motifs is 2. The number of phenolic OH excluding ortho intramolecular Hbond substituents is 1. The zero-order chi connectivity index (χ0) is 16.9. The number of hydrogen-bond donors (Lipinski definition) is 2. The van der Waals surface area contributed by atoms with Crippen LogP contribution in [0.15, 0.2) is 27.8 Å². The summed E-state index contributed by atoms with van der Waals surface area (Å²) in [6, 6.07) is 5.03. The van der Waals surface area contributed by atoms with Gasteiger partial charge in [0, 0.05) is 29.4 Å². The van der Waals surface area contributed by atoms with E-state index in [1.807, 2.05) is 33.8 Å². The molecule has 3 aromatic rings. The lowest BCUT2D eigenvalue weighted by Crippen LogP contribution is -2.23. The van der Waals surface area contributed by atoms with Gasteiger partial charge in [0.1, 0.15) is 0 Å². The van der Waals surface area contributed by atoms with Crippen LogP contribution in [0.5, 0.6) is 5.75 Å². The lowest BCUT2D eigenvalue weighted by Gasteiger charge is -2.17. The van der Waals surface area contributed by atoms with Gasteiger partial charge < -0.3 is 14.7 Å². The Morgan fingerprint density at radius 1 is 1.09 bits per heavy atom. The van der Waals surface area contributed by atoms with Gasteiger partial charge in [-0.1, -0.05) is 13.8 Å². The van der Waals surface area contributed by atoms with Crippen LogP contribution < -0.4 is 11.1 Å². The first-order valence-corrected chi connectivity index (χ1v) is 7.69. The fourth-order valence-corrected chi connectivity index (χ4v) is 3.10. The van der Waals surface area contributed by atoms with Crippen molar-refractivity contribution >= 4 is 21.8 Å². The largest absolute Gasteiger partial charge is 0.504 e. The lowest BCUT2D eigenvalue weighted by atomic mass is 10.0. The Labute approximate surface area is 133 Å². The van der Waals surface area contributed by atoms with Crippen molar-refractivity contribution in [1.82, 2.24) is 9.55 Å². The zero-order valence-corrected chi connectivity index (χ0v) is 13.7. The molecule has 120 valence electrons. The molecule has 2 N–H and O–H groups in total. The molecule has 0 radical (unpaired) electrons. The third-order valence-corrected chi connectivity index (χ3v) is 4.14. The highest BCUT2D eigenvalue weighted by atomic mass is 16.3. The molecule has 0 fully saturated rings. The van der Waals surface area contributed by atoms with Crippen LogP contribution in [0.4, 0.5) is 0 Å². The molecule has 3 rings (SSSR count). The van der Waals surface area contributed by atoms with Gasteiger partial charge >= 0.3 is 0 Å². The van der Waals surface area contributed by atoms with Gasteiger partial charge in [-0.15, -0.1) is 0 Å². The van der Waals surface area contributed by atoms with Gasteiger partial charge in [-0.25, -0.2) is 0 Å². The number of aromatic nitrogens is 2. The van der Waals surface area contributed by atoms with Crippen molar-refractivity contribution < 1.29 is 5.11 Å². The highest BCUT2D eigenvalue weighted by Gasteiger charge is 2.16. The second-order valence-electron chi connectivity index (χ2n) is 6.53. The van der Waals surface area contributed by atoms with Gasteiger partial charge in [-0.2, -0.15) is 0 Å². The van der Waals surface area contributed by atoms with Crippen LogP contribution in [0.1, 0.15) is 25.0 Å². The van der Waals surface area contributed by atoms with Crippen LogP contribution in [0, 0.1) is 19.8 Å². The topological polar surface area (TPSA) is 75.1 Å². The highest BCUT2D eigenvalue weighted by molar-refractivity contribution is 6.03. The summed E-state index contributed by atoms with van der Waals surface area (Å²) in [7, 11) is 0. The van der Waals surface area contributed by atoms with Gasteiger partial charge in [0.15, 0.2) is 5.75 Å². The normalized spacial score (nSPS) is 11.7. The molecule has 23 heavy (non-hydrogen) atoms. The Bertz CT molecular complexity index is 1040. The van der Waals surface area contributed by atoms with Crippen molar-refractivity contribution in [3.63, 3.8) is 0 Å². The van der Waals surface area contributed by atoms with Gasteiger partial charge in [-0.05, 0) is 37.0 Å². The number of nitrogens with one attached hydrogen (secondary N) is 1. The Balaban J connectivity index is 2.59. The Morgan fingerprint density at radius 3 is 2.39 bits per heavy atom. The monoisotopic (exact) mass is 312 g/mol. The first-order valence-electron chi connectivity index (χ1n) is 7.69. The molecule has 5 nitrogen and oxygen atoms in total. The summed E-state index contributed by atoms with van der Waals surface area (Å²) in [5, 5.41) is 12.4. The van der Waals surface area contributed by atoms with E-state index >= 15 is 0 Å². The molecule has 0 spiro atoms. The van der Waals surface area contributed by atoms with Crippen molar-refractivity contribution in [2.75, 3.05) is 0 Å². The molecule has 0 saturated heterocycles. The SMILES string of the molecule is Cc1cc(=O)[nH]c2c(O)c3c(cc12)c(C)cc(=O)n3CC(C)C. The van der Waals surface area contributed by atoms with Gasteiger partial charge in [0.25, 0.3) is 5.56 Å². The average Bonchev–Trinajstić information content (AvgIpc) is 2.44. The summed E-state index contributed by atoms with van der Waals surface area (Å²) < 4.78 is 1.59. The molecule has 5 heteroatoms. The quantitative estimate of drug-likeness (QED) is 0.715. The van der Waals surface area contributed by atoms with Crippen molar-refractivity contribution in [3.05, 3.63) is 50.0 Å². The van der Waals surface area contributed by atoms with Gasteiger partial charge in [0.05, 0.1) is 11.0 Å². The number of hydrogen-bond acceptors (Lipinski definition) is 3. The molecule has 0 amide bonds. The summed E-state index contributed by atoms with van der Waals surface area (Å²) in [6.45, 7) is 8.23. The second kappa shape index (κ2) is 5.26. The number of rotatable bonds is 2. The van der Waals surface area contributed by atoms with Crippen LogP contribution in [0.25, 0.3) is 21.8 Å². The summed E-state index contributed by atoms with van der Waals surface area (Å²) >= 11 is 0. The van der Waals surface area contributed by atoms with E-state index in [-0.39, 0.29) is 22.8 Å². The predicted octanol–water partition coefficient (Wildman–Crippen LogP) is 2.82. The maximum atomic E-state index is 12.4. The van der Waals surface area contributed by atoms with E-state index in [2.05, 4.69) is 4.98 Å². The fraction of sp³-hybridized carbons (Fsp3) is 0.333. The summed E-state index contributed by atoms with van der Waals surface area (Å²) in [4.78, 5) is 26.8. The van der Waals surface area contributed by atoms with Crippen molar-refractivity contribution in [1.29, 1.82) is 0 Å². The number of nitrogens with zero attached hydrogens (tertiary/aromatic N) is 1. The molecular formula is C18H20N2O3. The van der Waals surface area contributed by atoms with Crippen LogP contribution in [-0.2, 0) is 6.54 Å². The number of aromatic hydroxyl groups is 1. The standard InChI is InChI=1S/C18H20N2O3/c1-9(2)8-20-15(22)6-11(4)13-7-12-10(3)5-14(21)19-16(12)18(23)17(13)20/h5-7,9,23H,8H2,1-4H3,(H,19,21). The molecule has 0 aliphatic rings. The van der Waals surface area contributed by atoms with Crippen LogP contribution in [-0.4, -0.2) is 14.7 Å². The minimum atomic E-state index is -0.268. The number of pyridine rings is 2. The third-order valence-electron chi connectivity index (χ3n) is 4.14. The number of aryl methyl sites for hydroxylation is 2. The maximum Gasteiger partial charge on any atom is 0.251 e. The van der Waals surface area contributed by atoms with Crippen molar-refractivity contribution in [2.24, 2.45) is 5.92 Å². The van der Waals surface area contributed by atoms with Crippen molar-refractivity contribution in [2.45, 2.75) is 34.2 Å². The van der Waals surface area contributed by atoms with Crippen LogP contribution in [0.2, 0.25) is 0 Å². The minimum Gasteiger partial charge on any atom is -0.504 e. The Morgan fingerprint density at radius 2 is 1.74 bits per heavy atom.